The van der Waals surface area contributed by atoms with Crippen LogP contribution in [-0.2, 0) is 23.8 Å². The molecule has 83 heavy (non-hydrogen) atoms. The van der Waals surface area contributed by atoms with Crippen LogP contribution in [0.1, 0.15) is 307 Å². The Kier molecular flexibility index (Phi) is 34.8. The molecule has 458 valence electrons. The van der Waals surface area contributed by atoms with Crippen LogP contribution < -0.4 is 13.6 Å². The third-order valence-electron chi connectivity index (χ3n) is 17.9. The number of phosphoric acid groups is 1. The number of aryl methyl sites for hydroxylation is 3. The maximum atomic E-state index is 16.6. The number of benzene rings is 6. The van der Waals surface area contributed by atoms with Crippen LogP contribution in [-0.4, -0.2) is 0 Å². The van der Waals surface area contributed by atoms with Crippen LogP contribution in [0.5, 0.6) is 17.2 Å². The standard InChI is InChI=1S/C78H117O4P/c1-4-7-10-13-16-19-22-25-28-31-34-37-40-43-55-70-64-61-67-52-46-49-58-73(67)76(70)80-83(79,81-77-71(65-62-68-53-47-50-59-74(68)77)56-44-41-38-35-32-29-26-23-20-17-14-11-8-5-2)82-78-72(66-63-69-54-48-51-60-75(69)78)57-45-42-39-36-33-30-27-24-21-18-15-12-9-6-3/h46-54,58-66H,4-45,55-57H2,1-3H3. The molecule has 6 aromatic carbocycles. The van der Waals surface area contributed by atoms with E-state index in [-0.39, 0.29) is 0 Å². The number of phosphoric ester groups is 1. The molecule has 4 nitrogen and oxygen atoms in total. The van der Waals surface area contributed by atoms with Crippen LogP contribution >= 0.6 is 7.82 Å². The minimum atomic E-state index is -4.50. The largest absolute Gasteiger partial charge is 0.647 e. The molecule has 0 aliphatic heterocycles. The zero-order valence-corrected chi connectivity index (χ0v) is 54.2. The Morgan fingerprint density at radius 2 is 0.434 bits per heavy atom. The smallest absolute Gasteiger partial charge is 0.385 e. The van der Waals surface area contributed by atoms with E-state index in [2.05, 4.69) is 130 Å². The highest BCUT2D eigenvalue weighted by Gasteiger charge is 2.37. The van der Waals surface area contributed by atoms with Crippen molar-refractivity contribution in [3.05, 3.63) is 126 Å². The molecule has 0 heterocycles. The summed E-state index contributed by atoms with van der Waals surface area (Å²) in [6.07, 6.45) is 57.9. The van der Waals surface area contributed by atoms with Gasteiger partial charge < -0.3 is 13.6 Å². The molecule has 0 fully saturated rings. The van der Waals surface area contributed by atoms with E-state index >= 15 is 4.57 Å². The van der Waals surface area contributed by atoms with Gasteiger partial charge in [0, 0.05) is 16.2 Å². The van der Waals surface area contributed by atoms with E-state index in [1.807, 2.05) is 0 Å². The maximum Gasteiger partial charge on any atom is 0.647 e. The Morgan fingerprint density at radius 1 is 0.241 bits per heavy atom. The highest BCUT2D eigenvalue weighted by Crippen LogP contribution is 2.55. The fraction of sp³-hybridized carbons (Fsp3) is 0.615. The predicted molar refractivity (Wildman–Crippen MR) is 363 cm³/mol. The van der Waals surface area contributed by atoms with Crippen molar-refractivity contribution in [2.45, 2.75) is 310 Å². The van der Waals surface area contributed by atoms with Crippen molar-refractivity contribution in [3.63, 3.8) is 0 Å². The van der Waals surface area contributed by atoms with Gasteiger partial charge in [-0.3, -0.25) is 0 Å². The summed E-state index contributed by atoms with van der Waals surface area (Å²) in [6, 6.07) is 38.3. The van der Waals surface area contributed by atoms with Crippen molar-refractivity contribution in [1.82, 2.24) is 0 Å². The van der Waals surface area contributed by atoms with Crippen LogP contribution in [0.4, 0.5) is 0 Å². The Bertz CT molecular complexity index is 2380. The highest BCUT2D eigenvalue weighted by atomic mass is 31.2. The SMILES string of the molecule is CCCCCCCCCCCCCCCCc1ccc2ccccc2c1OP(=O)(Oc1c(CCCCCCCCCCCCCCCC)ccc2ccccc12)Oc1c(CCCCCCCCCCCCCCCC)ccc2ccccc12. The summed E-state index contributed by atoms with van der Waals surface area (Å²) in [6.45, 7) is 6.90. The summed E-state index contributed by atoms with van der Waals surface area (Å²) in [5.74, 6) is 1.84. The van der Waals surface area contributed by atoms with Crippen LogP contribution in [0.25, 0.3) is 32.3 Å². The van der Waals surface area contributed by atoms with E-state index in [4.69, 9.17) is 13.6 Å². The van der Waals surface area contributed by atoms with E-state index in [0.717, 1.165) is 107 Å². The first-order valence-electron chi connectivity index (χ1n) is 35.2. The van der Waals surface area contributed by atoms with E-state index in [9.17, 15) is 0 Å². The summed E-state index contributed by atoms with van der Waals surface area (Å²) >= 11 is 0. The summed E-state index contributed by atoms with van der Waals surface area (Å²) < 4.78 is 38.2. The van der Waals surface area contributed by atoms with E-state index < -0.39 is 7.82 Å². The summed E-state index contributed by atoms with van der Waals surface area (Å²) in [7, 11) is -4.50. The first kappa shape index (κ1) is 67.9. The molecule has 0 aliphatic rings. The average Bonchev–Trinajstić information content (AvgIpc) is 3.70. The first-order valence-corrected chi connectivity index (χ1v) is 36.7. The van der Waals surface area contributed by atoms with Crippen molar-refractivity contribution < 1.29 is 18.1 Å². The Morgan fingerprint density at radius 3 is 0.651 bits per heavy atom. The molecule has 0 saturated carbocycles. The van der Waals surface area contributed by atoms with Crippen LogP contribution in [0, 0.1) is 0 Å². The minimum absolute atomic E-state index is 0.614. The molecule has 0 unspecified atom stereocenters. The Balaban J connectivity index is 1.18. The summed E-state index contributed by atoms with van der Waals surface area (Å²) in [5.41, 5.74) is 3.16. The zero-order valence-electron chi connectivity index (χ0n) is 53.3. The molecular formula is C78H117O4P. The first-order chi connectivity index (χ1) is 41.0. The van der Waals surface area contributed by atoms with Crippen molar-refractivity contribution in [2.75, 3.05) is 0 Å². The second kappa shape index (κ2) is 42.5. The van der Waals surface area contributed by atoms with Gasteiger partial charge in [0.15, 0.2) is 0 Å². The zero-order chi connectivity index (χ0) is 58.1. The second-order valence-electron chi connectivity index (χ2n) is 25.1. The lowest BCUT2D eigenvalue weighted by molar-refractivity contribution is 0.298. The lowest BCUT2D eigenvalue weighted by atomic mass is 10.00. The fourth-order valence-corrected chi connectivity index (χ4v) is 14.1. The fourth-order valence-electron chi connectivity index (χ4n) is 12.7. The molecular weight excluding hydrogens is 1030 g/mol. The van der Waals surface area contributed by atoms with Crippen LogP contribution in [0.2, 0.25) is 0 Å². The number of unbranched alkanes of at least 4 members (excludes halogenated alkanes) is 39. The molecule has 0 amide bonds. The van der Waals surface area contributed by atoms with Crippen molar-refractivity contribution in [3.8, 4) is 17.2 Å². The van der Waals surface area contributed by atoms with Gasteiger partial charge in [-0.15, -0.1) is 0 Å². The number of hydrogen-bond donors (Lipinski definition) is 0. The van der Waals surface area contributed by atoms with E-state index in [1.165, 1.54) is 231 Å². The average molecular weight is 1150 g/mol. The van der Waals surface area contributed by atoms with Gasteiger partial charge in [0.2, 0.25) is 0 Å². The van der Waals surface area contributed by atoms with Crippen LogP contribution in [0.15, 0.2) is 109 Å². The third kappa shape index (κ3) is 26.1. The lowest BCUT2D eigenvalue weighted by Gasteiger charge is -2.25. The van der Waals surface area contributed by atoms with Crippen molar-refractivity contribution in [1.29, 1.82) is 0 Å². The number of hydrogen-bond acceptors (Lipinski definition) is 4. The molecule has 0 radical (unpaired) electrons. The quantitative estimate of drug-likeness (QED) is 0.0282. The van der Waals surface area contributed by atoms with E-state index in [1.54, 1.807) is 0 Å². The molecule has 6 aromatic rings. The summed E-state index contributed by atoms with van der Waals surface area (Å²) in [5, 5.41) is 5.94. The molecule has 0 aromatic heterocycles. The molecule has 0 saturated heterocycles. The van der Waals surface area contributed by atoms with Gasteiger partial charge in [0.05, 0.1) is 0 Å². The predicted octanol–water partition coefficient (Wildman–Crippen LogP) is 26.9. The Hall–Kier alpha value is -4.27. The van der Waals surface area contributed by atoms with Crippen LogP contribution in [0.3, 0.4) is 0 Å². The van der Waals surface area contributed by atoms with Gasteiger partial charge in [-0.1, -0.05) is 380 Å². The molecule has 5 heteroatoms. The molecule has 6 rings (SSSR count). The molecule has 0 aliphatic carbocycles. The van der Waals surface area contributed by atoms with Gasteiger partial charge in [-0.25, -0.2) is 0 Å². The normalized spacial score (nSPS) is 11.8. The molecule has 0 N–H and O–H groups in total. The van der Waals surface area contributed by atoms with Gasteiger partial charge in [0.1, 0.15) is 17.2 Å². The second-order valence-corrected chi connectivity index (χ2v) is 26.5. The topological polar surface area (TPSA) is 44.8 Å². The Labute approximate surface area is 508 Å². The number of fused-ring (bicyclic) bond motifs is 3. The molecule has 0 spiro atoms. The van der Waals surface area contributed by atoms with Gasteiger partial charge in [0.25, 0.3) is 0 Å². The van der Waals surface area contributed by atoms with Gasteiger partial charge >= 0.3 is 7.82 Å². The van der Waals surface area contributed by atoms with Crippen molar-refractivity contribution >= 4 is 40.1 Å². The number of rotatable bonds is 51. The molecule has 0 bridgehead atoms. The van der Waals surface area contributed by atoms with Gasteiger partial charge in [-0.05, 0) is 71.4 Å². The molecule has 0 atom stereocenters. The summed E-state index contributed by atoms with van der Waals surface area (Å²) in [4.78, 5) is 0. The van der Waals surface area contributed by atoms with E-state index in [0.29, 0.717) is 17.2 Å². The third-order valence-corrected chi connectivity index (χ3v) is 19.1. The minimum Gasteiger partial charge on any atom is -0.385 e. The lowest BCUT2D eigenvalue weighted by Crippen LogP contribution is -2.12. The van der Waals surface area contributed by atoms with Gasteiger partial charge in [-0.2, -0.15) is 4.57 Å². The monoisotopic (exact) mass is 1150 g/mol. The highest BCUT2D eigenvalue weighted by molar-refractivity contribution is 7.49. The maximum absolute atomic E-state index is 16.6. The van der Waals surface area contributed by atoms with Crippen molar-refractivity contribution in [2.24, 2.45) is 0 Å².